The lowest BCUT2D eigenvalue weighted by Gasteiger charge is -2.32. The number of hydrogen-bond acceptors (Lipinski definition) is 4. The molecular weight excluding hydrogens is 414 g/mol. The Hall–Kier alpha value is -3.17. The summed E-state index contributed by atoms with van der Waals surface area (Å²) in [6.07, 6.45) is 4.47. The van der Waals surface area contributed by atoms with Crippen LogP contribution in [0.4, 0.5) is 23.2 Å². The van der Waals surface area contributed by atoms with E-state index in [1.165, 1.54) is 6.07 Å². The molecule has 0 saturated heterocycles. The van der Waals surface area contributed by atoms with Crippen LogP contribution in [0.5, 0.6) is 0 Å². The van der Waals surface area contributed by atoms with Gasteiger partial charge in [-0.3, -0.25) is 9.78 Å². The van der Waals surface area contributed by atoms with Crippen LogP contribution in [-0.2, 0) is 4.79 Å². The molecule has 4 rings (SSSR count). The lowest BCUT2D eigenvalue weighted by Crippen LogP contribution is -2.45. The van der Waals surface area contributed by atoms with Crippen molar-refractivity contribution in [3.8, 4) is 11.1 Å². The highest BCUT2D eigenvalue weighted by atomic mass is 19.4. The largest absolute Gasteiger partial charge is 0.405 e. The SMILES string of the molecule is O=C(NCC(F)(F)F)C1CCCCC1Nc1cncc(-c2c[nH]c3ncc(F)cc23)c1. The monoisotopic (exact) mass is 435 g/mol. The van der Waals surface area contributed by atoms with Crippen LogP contribution in [0, 0.1) is 11.7 Å². The number of hydrogen-bond donors (Lipinski definition) is 3. The Morgan fingerprint density at radius 3 is 2.77 bits per heavy atom. The first-order chi connectivity index (χ1) is 14.8. The van der Waals surface area contributed by atoms with Crippen LogP contribution in [-0.4, -0.2) is 39.6 Å². The number of alkyl halides is 3. The van der Waals surface area contributed by atoms with E-state index in [4.69, 9.17) is 0 Å². The molecule has 1 aliphatic carbocycles. The minimum absolute atomic E-state index is 0.305. The summed E-state index contributed by atoms with van der Waals surface area (Å²) in [5, 5.41) is 5.88. The minimum Gasteiger partial charge on any atom is -0.380 e. The zero-order valence-electron chi connectivity index (χ0n) is 16.5. The summed E-state index contributed by atoms with van der Waals surface area (Å²) in [6, 6.07) is 2.90. The van der Waals surface area contributed by atoms with Crippen molar-refractivity contribution >= 4 is 22.6 Å². The Balaban J connectivity index is 1.53. The first-order valence-corrected chi connectivity index (χ1v) is 9.99. The zero-order chi connectivity index (χ0) is 22.0. The van der Waals surface area contributed by atoms with Crippen molar-refractivity contribution in [3.05, 3.63) is 42.7 Å². The maximum atomic E-state index is 13.6. The number of halogens is 4. The summed E-state index contributed by atoms with van der Waals surface area (Å²) in [7, 11) is 0. The van der Waals surface area contributed by atoms with Crippen molar-refractivity contribution in [3.63, 3.8) is 0 Å². The van der Waals surface area contributed by atoms with Gasteiger partial charge in [-0.2, -0.15) is 13.2 Å². The Morgan fingerprint density at radius 1 is 1.16 bits per heavy atom. The molecule has 6 nitrogen and oxygen atoms in total. The Morgan fingerprint density at radius 2 is 1.97 bits per heavy atom. The number of pyridine rings is 2. The summed E-state index contributed by atoms with van der Waals surface area (Å²) in [5.41, 5.74) is 2.62. The zero-order valence-corrected chi connectivity index (χ0v) is 16.5. The van der Waals surface area contributed by atoms with Gasteiger partial charge in [-0.05, 0) is 25.0 Å². The fourth-order valence-corrected chi connectivity index (χ4v) is 4.03. The van der Waals surface area contributed by atoms with Gasteiger partial charge in [0.25, 0.3) is 0 Å². The van der Waals surface area contributed by atoms with E-state index in [1.807, 2.05) is 11.4 Å². The van der Waals surface area contributed by atoms with Gasteiger partial charge >= 0.3 is 6.18 Å². The van der Waals surface area contributed by atoms with Gasteiger partial charge < -0.3 is 15.6 Å². The first-order valence-electron chi connectivity index (χ1n) is 9.99. The van der Waals surface area contributed by atoms with E-state index in [1.54, 1.807) is 18.6 Å². The highest BCUT2D eigenvalue weighted by Gasteiger charge is 2.34. The van der Waals surface area contributed by atoms with Crippen molar-refractivity contribution in [1.82, 2.24) is 20.3 Å². The normalized spacial score (nSPS) is 19.4. The molecule has 31 heavy (non-hydrogen) atoms. The number of carbonyl (C=O) groups excluding carboxylic acids is 1. The van der Waals surface area contributed by atoms with Crippen molar-refractivity contribution in [2.75, 3.05) is 11.9 Å². The molecule has 0 aromatic carbocycles. The predicted molar refractivity (Wildman–Crippen MR) is 108 cm³/mol. The molecule has 0 radical (unpaired) electrons. The number of nitrogens with one attached hydrogen (secondary N) is 3. The van der Waals surface area contributed by atoms with Crippen molar-refractivity contribution < 1.29 is 22.4 Å². The van der Waals surface area contributed by atoms with E-state index < -0.39 is 30.4 Å². The van der Waals surface area contributed by atoms with Gasteiger partial charge in [-0.25, -0.2) is 9.37 Å². The Kier molecular flexibility index (Phi) is 5.79. The molecule has 0 bridgehead atoms. The number of fused-ring (bicyclic) bond motifs is 1. The van der Waals surface area contributed by atoms with Gasteiger partial charge in [0.2, 0.25) is 5.91 Å². The van der Waals surface area contributed by atoms with E-state index >= 15 is 0 Å². The number of aromatic nitrogens is 3. The van der Waals surface area contributed by atoms with Crippen molar-refractivity contribution in [1.29, 1.82) is 0 Å². The molecule has 3 aromatic rings. The van der Waals surface area contributed by atoms with E-state index in [9.17, 15) is 22.4 Å². The van der Waals surface area contributed by atoms with Crippen LogP contribution in [0.3, 0.4) is 0 Å². The average molecular weight is 435 g/mol. The highest BCUT2D eigenvalue weighted by molar-refractivity contribution is 5.93. The predicted octanol–water partition coefficient (Wildman–Crippen LogP) is 4.41. The lowest BCUT2D eigenvalue weighted by molar-refractivity contribution is -0.141. The fourth-order valence-electron chi connectivity index (χ4n) is 4.03. The molecule has 0 aliphatic heterocycles. The van der Waals surface area contributed by atoms with Gasteiger partial charge in [0, 0.05) is 41.1 Å². The Labute approximate surface area is 175 Å². The van der Waals surface area contributed by atoms with E-state index in [-0.39, 0.29) is 6.04 Å². The summed E-state index contributed by atoms with van der Waals surface area (Å²) < 4.78 is 51.1. The maximum absolute atomic E-state index is 13.6. The molecule has 0 spiro atoms. The molecule has 164 valence electrons. The molecule has 3 N–H and O–H groups in total. The van der Waals surface area contributed by atoms with Crippen LogP contribution in [0.2, 0.25) is 0 Å². The number of rotatable bonds is 5. The molecule has 1 aliphatic rings. The lowest BCUT2D eigenvalue weighted by atomic mass is 9.83. The molecule has 1 saturated carbocycles. The summed E-state index contributed by atoms with van der Waals surface area (Å²) in [4.78, 5) is 23.6. The highest BCUT2D eigenvalue weighted by Crippen LogP contribution is 2.31. The van der Waals surface area contributed by atoms with Crippen LogP contribution < -0.4 is 10.6 Å². The van der Waals surface area contributed by atoms with Crippen molar-refractivity contribution in [2.24, 2.45) is 5.92 Å². The molecule has 10 heteroatoms. The van der Waals surface area contributed by atoms with Crippen molar-refractivity contribution in [2.45, 2.75) is 37.9 Å². The van der Waals surface area contributed by atoms with Crippen LogP contribution in [0.15, 0.2) is 36.9 Å². The number of carbonyl (C=O) groups is 1. The molecule has 3 heterocycles. The third-order valence-electron chi connectivity index (χ3n) is 5.46. The third kappa shape index (κ3) is 4.95. The number of nitrogens with zero attached hydrogens (tertiary/aromatic N) is 2. The Bertz CT molecular complexity index is 1080. The van der Waals surface area contributed by atoms with Crippen LogP contribution >= 0.6 is 0 Å². The maximum Gasteiger partial charge on any atom is 0.405 e. The van der Waals surface area contributed by atoms with E-state index in [0.29, 0.717) is 29.6 Å². The average Bonchev–Trinajstić information content (AvgIpc) is 3.15. The van der Waals surface area contributed by atoms with Gasteiger partial charge in [-0.1, -0.05) is 12.8 Å². The van der Waals surface area contributed by atoms with Gasteiger partial charge in [-0.15, -0.1) is 0 Å². The van der Waals surface area contributed by atoms with Gasteiger partial charge in [0.15, 0.2) is 0 Å². The number of H-pyrrole nitrogens is 1. The van der Waals surface area contributed by atoms with Crippen LogP contribution in [0.25, 0.3) is 22.2 Å². The number of amides is 1. The fraction of sp³-hybridized carbons (Fsp3) is 0.381. The molecule has 2 atom stereocenters. The van der Waals surface area contributed by atoms with E-state index in [2.05, 4.69) is 20.3 Å². The summed E-state index contributed by atoms with van der Waals surface area (Å²) in [5.74, 6) is -1.62. The topological polar surface area (TPSA) is 82.7 Å². The second-order valence-electron chi connectivity index (χ2n) is 7.69. The molecule has 2 unspecified atom stereocenters. The molecular formula is C21H21F4N5O. The summed E-state index contributed by atoms with van der Waals surface area (Å²) in [6.45, 7) is -1.34. The van der Waals surface area contributed by atoms with Gasteiger partial charge in [0.05, 0.1) is 17.8 Å². The van der Waals surface area contributed by atoms with Crippen LogP contribution in [0.1, 0.15) is 25.7 Å². The third-order valence-corrected chi connectivity index (χ3v) is 5.46. The van der Waals surface area contributed by atoms with Gasteiger partial charge in [0.1, 0.15) is 18.0 Å². The minimum atomic E-state index is -4.45. The van der Waals surface area contributed by atoms with E-state index in [0.717, 1.165) is 30.2 Å². The second kappa shape index (κ2) is 8.52. The number of aromatic amines is 1. The number of anilines is 1. The smallest absolute Gasteiger partial charge is 0.380 e. The molecule has 1 fully saturated rings. The molecule has 3 aromatic heterocycles. The summed E-state index contributed by atoms with van der Waals surface area (Å²) >= 11 is 0. The molecule has 1 amide bonds. The first kappa shape index (κ1) is 21.1. The second-order valence-corrected chi connectivity index (χ2v) is 7.69. The quantitative estimate of drug-likeness (QED) is 0.519. The standard InChI is InChI=1S/C21H21F4N5O/c22-13-6-16-17(10-28-19(16)27-8-13)12-5-14(9-26-7-12)30-18-4-2-1-3-15(18)20(31)29-11-21(23,24)25/h5-10,15,18,30H,1-4,11H2,(H,27,28)(H,29,31).